The number of benzene rings is 1. The molecule has 25 heavy (non-hydrogen) atoms. The van der Waals surface area contributed by atoms with Gasteiger partial charge in [-0.3, -0.25) is 4.90 Å². The highest BCUT2D eigenvalue weighted by atomic mass is 16.5. The second-order valence-corrected chi connectivity index (χ2v) is 7.34. The Morgan fingerprint density at radius 3 is 2.64 bits per heavy atom. The Kier molecular flexibility index (Phi) is 6.32. The first-order chi connectivity index (χ1) is 12.2. The van der Waals surface area contributed by atoms with Gasteiger partial charge in [0.1, 0.15) is 0 Å². The fraction of sp³-hybridized carbons (Fsp3) is 0.650. The molecule has 5 heteroatoms. The summed E-state index contributed by atoms with van der Waals surface area (Å²) in [6.07, 6.45) is 6.25. The van der Waals surface area contributed by atoms with Crippen LogP contribution in [-0.2, 0) is 11.3 Å². The van der Waals surface area contributed by atoms with Crippen molar-refractivity contribution < 1.29 is 9.53 Å². The highest BCUT2D eigenvalue weighted by Gasteiger charge is 2.43. The Morgan fingerprint density at radius 1 is 1.16 bits per heavy atom. The molecular formula is C20H31N3O2. The van der Waals surface area contributed by atoms with Crippen molar-refractivity contribution in [3.05, 3.63) is 35.9 Å². The van der Waals surface area contributed by atoms with Gasteiger partial charge in [0.15, 0.2) is 0 Å². The first kappa shape index (κ1) is 18.2. The van der Waals surface area contributed by atoms with Gasteiger partial charge in [-0.05, 0) is 18.4 Å². The number of hydrogen-bond donors (Lipinski definition) is 1. The third-order valence-electron chi connectivity index (χ3n) is 5.67. The molecule has 138 valence electrons. The second kappa shape index (κ2) is 8.68. The van der Waals surface area contributed by atoms with Gasteiger partial charge in [-0.2, -0.15) is 0 Å². The average molecular weight is 345 g/mol. The smallest absolute Gasteiger partial charge is 0.317 e. The number of nitrogens with zero attached hydrogens (tertiary/aromatic N) is 2. The monoisotopic (exact) mass is 345 g/mol. The Bertz CT molecular complexity index is 543. The van der Waals surface area contributed by atoms with E-state index in [0.717, 1.165) is 26.2 Å². The summed E-state index contributed by atoms with van der Waals surface area (Å²) in [5.41, 5.74) is 1.51. The van der Waals surface area contributed by atoms with Crippen molar-refractivity contribution in [2.75, 3.05) is 39.9 Å². The maximum absolute atomic E-state index is 12.5. The molecule has 1 aliphatic heterocycles. The van der Waals surface area contributed by atoms with Gasteiger partial charge >= 0.3 is 6.03 Å². The van der Waals surface area contributed by atoms with Crippen LogP contribution in [0.15, 0.2) is 30.3 Å². The fourth-order valence-electron chi connectivity index (χ4n) is 4.29. The molecule has 0 bridgehead atoms. The van der Waals surface area contributed by atoms with Crippen LogP contribution in [-0.4, -0.2) is 61.3 Å². The van der Waals surface area contributed by atoms with Gasteiger partial charge in [0.25, 0.3) is 0 Å². The zero-order valence-corrected chi connectivity index (χ0v) is 15.4. The van der Waals surface area contributed by atoms with Crippen molar-refractivity contribution in [1.82, 2.24) is 15.1 Å². The molecule has 1 aromatic carbocycles. The lowest BCUT2D eigenvalue weighted by atomic mass is 9.78. The fourth-order valence-corrected chi connectivity index (χ4v) is 4.29. The summed E-state index contributed by atoms with van der Waals surface area (Å²) < 4.78 is 5.03. The summed E-state index contributed by atoms with van der Waals surface area (Å²) in [5.74, 6) is 0. The van der Waals surface area contributed by atoms with E-state index in [4.69, 9.17) is 4.74 Å². The molecule has 0 unspecified atom stereocenters. The SMILES string of the molecule is COCCNC(=O)N1CCN(Cc2ccccc2)C2(CCCCC2)C1. The molecule has 1 N–H and O–H groups in total. The lowest BCUT2D eigenvalue weighted by Crippen LogP contribution is -2.64. The van der Waals surface area contributed by atoms with Crippen molar-refractivity contribution >= 4 is 6.03 Å². The number of ether oxygens (including phenoxy) is 1. The topological polar surface area (TPSA) is 44.8 Å². The van der Waals surface area contributed by atoms with Gasteiger partial charge in [0.2, 0.25) is 0 Å². The standard InChI is InChI=1S/C20H31N3O2/c1-25-15-12-21-19(24)22-13-14-23(16-18-8-4-2-5-9-18)20(17-22)10-6-3-7-11-20/h2,4-5,8-9H,3,6-7,10-17H2,1H3,(H,21,24). The maximum atomic E-state index is 12.5. The van der Waals surface area contributed by atoms with Gasteiger partial charge in [-0.25, -0.2) is 4.79 Å². The van der Waals surface area contributed by atoms with Crippen molar-refractivity contribution in [2.45, 2.75) is 44.2 Å². The number of carbonyl (C=O) groups is 1. The molecular weight excluding hydrogens is 314 g/mol. The predicted molar refractivity (Wildman–Crippen MR) is 99.5 cm³/mol. The minimum Gasteiger partial charge on any atom is -0.383 e. The zero-order valence-electron chi connectivity index (χ0n) is 15.4. The molecule has 3 rings (SSSR count). The van der Waals surface area contributed by atoms with Gasteiger partial charge in [-0.15, -0.1) is 0 Å². The number of hydrogen-bond acceptors (Lipinski definition) is 3. The lowest BCUT2D eigenvalue weighted by Gasteiger charge is -2.53. The zero-order chi connectivity index (χ0) is 17.5. The van der Waals surface area contributed by atoms with Crippen LogP contribution >= 0.6 is 0 Å². The molecule has 1 heterocycles. The second-order valence-electron chi connectivity index (χ2n) is 7.34. The molecule has 5 nitrogen and oxygen atoms in total. The van der Waals surface area contributed by atoms with Crippen LogP contribution in [0.4, 0.5) is 4.79 Å². The van der Waals surface area contributed by atoms with E-state index in [0.29, 0.717) is 13.2 Å². The molecule has 1 aliphatic carbocycles. The van der Waals surface area contributed by atoms with Crippen LogP contribution in [0.5, 0.6) is 0 Å². The number of piperazine rings is 1. The number of nitrogens with one attached hydrogen (secondary N) is 1. The highest BCUT2D eigenvalue weighted by molar-refractivity contribution is 5.74. The molecule has 1 saturated carbocycles. The minimum absolute atomic E-state index is 0.0568. The molecule has 1 spiro atoms. The van der Waals surface area contributed by atoms with Gasteiger partial charge < -0.3 is 15.0 Å². The van der Waals surface area contributed by atoms with Gasteiger partial charge in [0, 0.05) is 45.4 Å². The van der Waals surface area contributed by atoms with Gasteiger partial charge in [0.05, 0.1) is 6.61 Å². The van der Waals surface area contributed by atoms with Crippen LogP contribution in [0.1, 0.15) is 37.7 Å². The van der Waals surface area contributed by atoms with Crippen LogP contribution in [0.25, 0.3) is 0 Å². The Labute approximate surface area is 151 Å². The van der Waals surface area contributed by atoms with Crippen LogP contribution in [0, 0.1) is 0 Å². The average Bonchev–Trinajstić information content (AvgIpc) is 2.65. The van der Waals surface area contributed by atoms with E-state index in [-0.39, 0.29) is 11.6 Å². The molecule has 0 atom stereocenters. The quantitative estimate of drug-likeness (QED) is 0.835. The number of amides is 2. The highest BCUT2D eigenvalue weighted by Crippen LogP contribution is 2.37. The molecule has 1 saturated heterocycles. The van der Waals surface area contributed by atoms with E-state index >= 15 is 0 Å². The van der Waals surface area contributed by atoms with Crippen molar-refractivity contribution in [2.24, 2.45) is 0 Å². The number of methoxy groups -OCH3 is 1. The van der Waals surface area contributed by atoms with Crippen molar-refractivity contribution in [1.29, 1.82) is 0 Å². The molecule has 2 fully saturated rings. The largest absolute Gasteiger partial charge is 0.383 e. The third-order valence-corrected chi connectivity index (χ3v) is 5.67. The normalized spacial score (nSPS) is 20.6. The summed E-state index contributed by atoms with van der Waals surface area (Å²) >= 11 is 0. The molecule has 0 radical (unpaired) electrons. The number of rotatable bonds is 5. The Balaban J connectivity index is 1.67. The molecule has 1 aromatic rings. The Hall–Kier alpha value is -1.59. The van der Waals surface area contributed by atoms with E-state index in [1.165, 1.54) is 37.7 Å². The van der Waals surface area contributed by atoms with Crippen molar-refractivity contribution in [3.63, 3.8) is 0 Å². The minimum atomic E-state index is 0.0568. The summed E-state index contributed by atoms with van der Waals surface area (Å²) in [5, 5.41) is 2.98. The number of urea groups is 1. The number of carbonyl (C=O) groups excluding carboxylic acids is 1. The van der Waals surface area contributed by atoms with E-state index in [2.05, 4.69) is 40.5 Å². The summed E-state index contributed by atoms with van der Waals surface area (Å²) in [6, 6.07) is 10.8. The molecule has 2 aliphatic rings. The molecule has 2 amide bonds. The van der Waals surface area contributed by atoms with Crippen LogP contribution in [0.3, 0.4) is 0 Å². The first-order valence-corrected chi connectivity index (χ1v) is 9.54. The van der Waals surface area contributed by atoms with Crippen LogP contribution in [0.2, 0.25) is 0 Å². The van der Waals surface area contributed by atoms with Gasteiger partial charge in [-0.1, -0.05) is 49.6 Å². The van der Waals surface area contributed by atoms with Crippen molar-refractivity contribution in [3.8, 4) is 0 Å². The first-order valence-electron chi connectivity index (χ1n) is 9.54. The predicted octanol–water partition coefficient (Wildman–Crippen LogP) is 2.86. The van der Waals surface area contributed by atoms with E-state index in [9.17, 15) is 4.79 Å². The summed E-state index contributed by atoms with van der Waals surface area (Å²) in [4.78, 5) is 17.2. The maximum Gasteiger partial charge on any atom is 0.317 e. The van der Waals surface area contributed by atoms with E-state index in [1.54, 1.807) is 7.11 Å². The Morgan fingerprint density at radius 2 is 1.92 bits per heavy atom. The third kappa shape index (κ3) is 4.53. The van der Waals surface area contributed by atoms with E-state index < -0.39 is 0 Å². The van der Waals surface area contributed by atoms with E-state index in [1.807, 2.05) is 4.90 Å². The summed E-state index contributed by atoms with van der Waals surface area (Å²) in [6.45, 7) is 4.72. The molecule has 0 aromatic heterocycles. The summed E-state index contributed by atoms with van der Waals surface area (Å²) in [7, 11) is 1.66. The van der Waals surface area contributed by atoms with Crippen LogP contribution < -0.4 is 5.32 Å². The lowest BCUT2D eigenvalue weighted by molar-refractivity contribution is -0.0187.